The van der Waals surface area contributed by atoms with E-state index < -0.39 is 4.92 Å². The molecule has 0 aromatic carbocycles. The largest absolute Gasteiger partial charge is 0.486 e. The smallest absolute Gasteiger partial charge is 0.406 e. The lowest BCUT2D eigenvalue weighted by Gasteiger charge is -2.03. The van der Waals surface area contributed by atoms with Crippen LogP contribution in [0.15, 0.2) is 18.3 Å². The van der Waals surface area contributed by atoms with Crippen LogP contribution in [0.25, 0.3) is 0 Å². The molecule has 0 saturated heterocycles. The molecule has 1 aromatic heterocycles. The van der Waals surface area contributed by atoms with E-state index in [0.29, 0.717) is 12.4 Å². The number of hydrogen-bond donors (Lipinski definition) is 1. The van der Waals surface area contributed by atoms with E-state index in [-0.39, 0.29) is 11.6 Å². The van der Waals surface area contributed by atoms with Gasteiger partial charge in [0.2, 0.25) is 5.75 Å². The Morgan fingerprint density at radius 1 is 1.64 bits per heavy atom. The van der Waals surface area contributed by atoms with E-state index in [0.717, 1.165) is 6.42 Å². The second kappa shape index (κ2) is 5.43. The van der Waals surface area contributed by atoms with E-state index in [9.17, 15) is 10.1 Å². The van der Waals surface area contributed by atoms with Crippen molar-refractivity contribution in [2.75, 3.05) is 12.4 Å². The summed E-state index contributed by atoms with van der Waals surface area (Å²) in [7, 11) is 0. The quantitative estimate of drug-likeness (QED) is 0.350. The third kappa shape index (κ3) is 2.88. The molecule has 5 nitrogen and oxygen atoms in total. The lowest BCUT2D eigenvalue weighted by Crippen LogP contribution is -2.02. The van der Waals surface area contributed by atoms with Gasteiger partial charge in [-0.05, 0) is 34.2 Å². The monoisotopic (exact) mass is 214 g/mol. The lowest BCUT2D eigenvalue weighted by molar-refractivity contribution is -0.390. The third-order valence-corrected chi connectivity index (χ3v) is 1.80. The fourth-order valence-corrected chi connectivity index (χ4v) is 1.01. The molecule has 0 aliphatic heterocycles. The first-order valence-corrected chi connectivity index (χ1v) is 4.72. The molecule has 1 heterocycles. The number of thiol groups is 1. The van der Waals surface area contributed by atoms with E-state index in [1.54, 1.807) is 6.07 Å². The minimum atomic E-state index is -0.559. The molecular weight excluding hydrogens is 204 g/mol. The second-order valence-electron chi connectivity index (χ2n) is 2.51. The maximum Gasteiger partial charge on any atom is 0.406 e. The van der Waals surface area contributed by atoms with Crippen LogP contribution in [0.1, 0.15) is 6.42 Å². The molecule has 6 heteroatoms. The summed E-state index contributed by atoms with van der Waals surface area (Å²) in [5.74, 6) is 0.652. The Balaban J connectivity index is 2.69. The summed E-state index contributed by atoms with van der Waals surface area (Å²) in [5, 5.41) is 10.5. The summed E-state index contributed by atoms with van der Waals surface area (Å²) >= 11 is 4.00. The third-order valence-electron chi connectivity index (χ3n) is 1.48. The SMILES string of the molecule is O=[N+]([O-])c1ncccc1OCCCS. The molecule has 0 aliphatic rings. The number of nitrogens with zero attached hydrogens (tertiary/aromatic N) is 2. The van der Waals surface area contributed by atoms with Crippen molar-refractivity contribution in [1.82, 2.24) is 4.98 Å². The zero-order valence-electron chi connectivity index (χ0n) is 7.42. The first kappa shape index (κ1) is 10.8. The van der Waals surface area contributed by atoms with Gasteiger partial charge in [0.05, 0.1) is 6.61 Å². The fourth-order valence-electron chi connectivity index (χ4n) is 0.879. The fraction of sp³-hybridized carbons (Fsp3) is 0.375. The van der Waals surface area contributed by atoms with Crippen molar-refractivity contribution in [3.8, 4) is 5.75 Å². The predicted molar refractivity (Wildman–Crippen MR) is 54.9 cm³/mol. The molecule has 0 unspecified atom stereocenters. The molecule has 0 atom stereocenters. The summed E-state index contributed by atoms with van der Waals surface area (Å²) in [6, 6.07) is 3.13. The average Bonchev–Trinajstić information content (AvgIpc) is 2.19. The predicted octanol–water partition coefficient (Wildman–Crippen LogP) is 1.69. The highest BCUT2D eigenvalue weighted by Crippen LogP contribution is 2.22. The normalized spacial score (nSPS) is 9.79. The van der Waals surface area contributed by atoms with Gasteiger partial charge in [-0.15, -0.1) is 0 Å². The molecule has 0 fully saturated rings. The van der Waals surface area contributed by atoms with Crippen LogP contribution in [0.2, 0.25) is 0 Å². The first-order valence-electron chi connectivity index (χ1n) is 4.08. The van der Waals surface area contributed by atoms with Gasteiger partial charge in [0.15, 0.2) is 0 Å². The van der Waals surface area contributed by atoms with Gasteiger partial charge in [-0.25, -0.2) is 0 Å². The van der Waals surface area contributed by atoms with Crippen LogP contribution < -0.4 is 4.74 Å². The van der Waals surface area contributed by atoms with Crippen molar-refractivity contribution < 1.29 is 9.66 Å². The van der Waals surface area contributed by atoms with Gasteiger partial charge in [-0.1, -0.05) is 0 Å². The van der Waals surface area contributed by atoms with E-state index in [2.05, 4.69) is 17.6 Å². The van der Waals surface area contributed by atoms with Crippen molar-refractivity contribution in [1.29, 1.82) is 0 Å². The molecule has 0 spiro atoms. The highest BCUT2D eigenvalue weighted by molar-refractivity contribution is 7.80. The zero-order chi connectivity index (χ0) is 10.4. The maximum atomic E-state index is 10.5. The van der Waals surface area contributed by atoms with Gasteiger partial charge in [0.25, 0.3) is 0 Å². The molecule has 76 valence electrons. The van der Waals surface area contributed by atoms with Gasteiger partial charge < -0.3 is 14.9 Å². The number of nitro groups is 1. The van der Waals surface area contributed by atoms with Crippen LogP contribution in [0.3, 0.4) is 0 Å². The Kier molecular flexibility index (Phi) is 4.18. The summed E-state index contributed by atoms with van der Waals surface area (Å²) in [6.45, 7) is 0.413. The van der Waals surface area contributed by atoms with E-state index in [1.807, 2.05) is 0 Å². The number of rotatable bonds is 5. The molecule has 0 N–H and O–H groups in total. The highest BCUT2D eigenvalue weighted by Gasteiger charge is 2.14. The number of hydrogen-bond acceptors (Lipinski definition) is 5. The Bertz CT molecular complexity index is 319. The molecule has 0 radical (unpaired) electrons. The standard InChI is InChI=1S/C8H10N2O3S/c11-10(12)8-7(3-1-4-9-8)13-5-2-6-14/h1,3-4,14H,2,5-6H2. The Hall–Kier alpha value is -1.30. The maximum absolute atomic E-state index is 10.5. The van der Waals surface area contributed by atoms with Gasteiger partial charge in [0, 0.05) is 0 Å². The van der Waals surface area contributed by atoms with Crippen LogP contribution in [0, 0.1) is 10.1 Å². The minimum Gasteiger partial charge on any atom is -0.486 e. The van der Waals surface area contributed by atoms with Crippen LogP contribution in [-0.4, -0.2) is 22.3 Å². The number of aromatic nitrogens is 1. The molecule has 0 saturated carbocycles. The van der Waals surface area contributed by atoms with Crippen molar-refractivity contribution in [2.45, 2.75) is 6.42 Å². The molecule has 1 rings (SSSR count). The van der Waals surface area contributed by atoms with Gasteiger partial charge in [0.1, 0.15) is 6.20 Å². The van der Waals surface area contributed by atoms with Crippen molar-refractivity contribution in [3.63, 3.8) is 0 Å². The highest BCUT2D eigenvalue weighted by atomic mass is 32.1. The van der Waals surface area contributed by atoms with Gasteiger partial charge in [-0.2, -0.15) is 12.6 Å². The van der Waals surface area contributed by atoms with E-state index in [1.165, 1.54) is 12.3 Å². The summed E-state index contributed by atoms with van der Waals surface area (Å²) in [6.07, 6.45) is 2.11. The topological polar surface area (TPSA) is 65.3 Å². The van der Waals surface area contributed by atoms with Crippen LogP contribution in [0.4, 0.5) is 5.82 Å². The minimum absolute atomic E-state index is 0.208. The van der Waals surface area contributed by atoms with Crippen molar-refractivity contribution in [2.24, 2.45) is 0 Å². The summed E-state index contributed by atoms with van der Waals surface area (Å²) < 4.78 is 5.19. The Labute approximate surface area is 86.7 Å². The molecule has 0 aliphatic carbocycles. The van der Waals surface area contributed by atoms with Crippen LogP contribution in [0.5, 0.6) is 5.75 Å². The molecule has 1 aromatic rings. The van der Waals surface area contributed by atoms with Crippen molar-refractivity contribution in [3.05, 3.63) is 28.4 Å². The molecular formula is C8H10N2O3S. The van der Waals surface area contributed by atoms with E-state index >= 15 is 0 Å². The zero-order valence-corrected chi connectivity index (χ0v) is 8.31. The summed E-state index contributed by atoms with van der Waals surface area (Å²) in [5.41, 5.74) is 0. The number of pyridine rings is 1. The Morgan fingerprint density at radius 3 is 3.07 bits per heavy atom. The number of ether oxygens (including phenoxy) is 1. The van der Waals surface area contributed by atoms with Gasteiger partial charge >= 0.3 is 5.82 Å². The van der Waals surface area contributed by atoms with E-state index in [4.69, 9.17) is 4.74 Å². The summed E-state index contributed by atoms with van der Waals surface area (Å²) in [4.78, 5) is 13.6. The molecule has 14 heavy (non-hydrogen) atoms. The van der Waals surface area contributed by atoms with Crippen molar-refractivity contribution >= 4 is 18.4 Å². The molecule has 0 bridgehead atoms. The van der Waals surface area contributed by atoms with Crippen LogP contribution in [-0.2, 0) is 0 Å². The van der Waals surface area contributed by atoms with Gasteiger partial charge in [-0.3, -0.25) is 0 Å². The first-order chi connectivity index (χ1) is 6.75. The Morgan fingerprint density at radius 2 is 2.43 bits per heavy atom. The lowest BCUT2D eigenvalue weighted by atomic mass is 10.4. The average molecular weight is 214 g/mol. The van der Waals surface area contributed by atoms with Crippen LogP contribution >= 0.6 is 12.6 Å². The second-order valence-corrected chi connectivity index (χ2v) is 2.96. The molecule has 0 amide bonds.